The molecule has 1 aliphatic carbocycles. The standard InChI is InChI=1S/C10H9BrO2/c11-9-4-3-7(6-1-2-6)5-8(9)10(12)13/h3-6H,1-2H2,(H,12,13). The molecule has 1 saturated carbocycles. The van der Waals surface area contributed by atoms with Crippen LogP contribution < -0.4 is 0 Å². The zero-order valence-corrected chi connectivity index (χ0v) is 8.54. The number of carbonyl (C=O) groups is 1. The van der Waals surface area contributed by atoms with Gasteiger partial charge in [0.15, 0.2) is 0 Å². The second-order valence-corrected chi connectivity index (χ2v) is 4.17. The Hall–Kier alpha value is -0.830. The van der Waals surface area contributed by atoms with E-state index in [2.05, 4.69) is 15.9 Å². The maximum Gasteiger partial charge on any atom is 0.336 e. The van der Waals surface area contributed by atoms with Crippen LogP contribution in [0.25, 0.3) is 0 Å². The molecule has 0 aromatic heterocycles. The van der Waals surface area contributed by atoms with Gasteiger partial charge in [0, 0.05) is 4.47 Å². The average Bonchev–Trinajstić information content (AvgIpc) is 2.87. The van der Waals surface area contributed by atoms with E-state index >= 15 is 0 Å². The van der Waals surface area contributed by atoms with Crippen molar-refractivity contribution in [2.75, 3.05) is 0 Å². The molecule has 1 N–H and O–H groups in total. The first kappa shape index (κ1) is 8.75. The quantitative estimate of drug-likeness (QED) is 0.863. The molecule has 0 heterocycles. The van der Waals surface area contributed by atoms with Crippen molar-refractivity contribution in [3.63, 3.8) is 0 Å². The molecule has 2 nitrogen and oxygen atoms in total. The fourth-order valence-corrected chi connectivity index (χ4v) is 1.79. The first-order valence-corrected chi connectivity index (χ1v) is 5.00. The minimum Gasteiger partial charge on any atom is -0.478 e. The topological polar surface area (TPSA) is 37.3 Å². The minimum atomic E-state index is -0.866. The summed E-state index contributed by atoms with van der Waals surface area (Å²) >= 11 is 3.22. The molecule has 0 aliphatic heterocycles. The van der Waals surface area contributed by atoms with Crippen LogP contribution >= 0.6 is 15.9 Å². The van der Waals surface area contributed by atoms with Crippen molar-refractivity contribution in [2.24, 2.45) is 0 Å². The van der Waals surface area contributed by atoms with E-state index in [1.807, 2.05) is 12.1 Å². The van der Waals surface area contributed by atoms with Gasteiger partial charge in [-0.1, -0.05) is 6.07 Å². The summed E-state index contributed by atoms with van der Waals surface area (Å²) in [6.07, 6.45) is 2.39. The van der Waals surface area contributed by atoms with Gasteiger partial charge < -0.3 is 5.11 Å². The van der Waals surface area contributed by atoms with Crippen molar-refractivity contribution in [2.45, 2.75) is 18.8 Å². The van der Waals surface area contributed by atoms with Gasteiger partial charge in [0.2, 0.25) is 0 Å². The summed E-state index contributed by atoms with van der Waals surface area (Å²) < 4.78 is 0.657. The Balaban J connectivity index is 2.41. The summed E-state index contributed by atoms with van der Waals surface area (Å²) in [5, 5.41) is 8.86. The summed E-state index contributed by atoms with van der Waals surface area (Å²) in [5.74, 6) is -0.263. The second-order valence-electron chi connectivity index (χ2n) is 3.32. The van der Waals surface area contributed by atoms with Crippen LogP contribution in [0.4, 0.5) is 0 Å². The van der Waals surface area contributed by atoms with E-state index in [0.29, 0.717) is 16.0 Å². The predicted molar refractivity (Wildman–Crippen MR) is 53.1 cm³/mol. The Labute approximate surface area is 84.7 Å². The number of carboxylic acids is 1. The SMILES string of the molecule is O=C(O)c1cc(C2CC2)ccc1Br. The maximum atomic E-state index is 10.8. The number of rotatable bonds is 2. The monoisotopic (exact) mass is 240 g/mol. The van der Waals surface area contributed by atoms with E-state index < -0.39 is 5.97 Å². The number of aromatic carboxylic acids is 1. The highest BCUT2D eigenvalue weighted by atomic mass is 79.9. The van der Waals surface area contributed by atoms with Crippen molar-refractivity contribution in [1.82, 2.24) is 0 Å². The fraction of sp³-hybridized carbons (Fsp3) is 0.300. The van der Waals surface area contributed by atoms with Gasteiger partial charge in [-0.15, -0.1) is 0 Å². The zero-order valence-electron chi connectivity index (χ0n) is 6.96. The maximum absolute atomic E-state index is 10.8. The lowest BCUT2D eigenvalue weighted by Crippen LogP contribution is -1.98. The van der Waals surface area contributed by atoms with Crippen LogP contribution in [0.2, 0.25) is 0 Å². The average molecular weight is 241 g/mol. The first-order chi connectivity index (χ1) is 6.18. The lowest BCUT2D eigenvalue weighted by Gasteiger charge is -2.02. The van der Waals surface area contributed by atoms with E-state index in [9.17, 15) is 4.79 Å². The highest BCUT2D eigenvalue weighted by molar-refractivity contribution is 9.10. The molecule has 2 rings (SSSR count). The van der Waals surface area contributed by atoms with Crippen molar-refractivity contribution in [3.8, 4) is 0 Å². The van der Waals surface area contributed by atoms with E-state index in [1.54, 1.807) is 6.07 Å². The number of halogens is 1. The molecule has 0 spiro atoms. The molecule has 0 bridgehead atoms. The van der Waals surface area contributed by atoms with Gasteiger partial charge in [0.25, 0.3) is 0 Å². The van der Waals surface area contributed by atoms with Gasteiger partial charge in [-0.25, -0.2) is 4.79 Å². The highest BCUT2D eigenvalue weighted by Gasteiger charge is 2.24. The fourth-order valence-electron chi connectivity index (χ4n) is 1.38. The Kier molecular flexibility index (Phi) is 2.12. The van der Waals surface area contributed by atoms with Gasteiger partial charge in [-0.2, -0.15) is 0 Å². The molecule has 0 unspecified atom stereocenters. The lowest BCUT2D eigenvalue weighted by atomic mass is 10.1. The van der Waals surface area contributed by atoms with Crippen molar-refractivity contribution < 1.29 is 9.90 Å². The third-order valence-electron chi connectivity index (χ3n) is 2.27. The smallest absolute Gasteiger partial charge is 0.336 e. The van der Waals surface area contributed by atoms with Crippen molar-refractivity contribution in [1.29, 1.82) is 0 Å². The summed E-state index contributed by atoms with van der Waals surface area (Å²) in [7, 11) is 0. The molecular formula is C10H9BrO2. The first-order valence-electron chi connectivity index (χ1n) is 4.21. The molecule has 1 fully saturated rings. The largest absolute Gasteiger partial charge is 0.478 e. The Morgan fingerprint density at radius 3 is 2.69 bits per heavy atom. The van der Waals surface area contributed by atoms with Crippen LogP contribution in [0, 0.1) is 0 Å². The molecule has 1 aliphatic rings. The van der Waals surface area contributed by atoms with Crippen LogP contribution in [0.5, 0.6) is 0 Å². The van der Waals surface area contributed by atoms with Gasteiger partial charge in [-0.05, 0) is 52.4 Å². The minimum absolute atomic E-state index is 0.365. The van der Waals surface area contributed by atoms with Gasteiger partial charge >= 0.3 is 5.97 Å². The number of hydrogen-bond acceptors (Lipinski definition) is 1. The van der Waals surface area contributed by atoms with Gasteiger partial charge in [0.05, 0.1) is 5.56 Å². The Morgan fingerprint density at radius 2 is 2.15 bits per heavy atom. The number of hydrogen-bond donors (Lipinski definition) is 1. The predicted octanol–water partition coefficient (Wildman–Crippen LogP) is 3.02. The molecule has 1 aromatic carbocycles. The second kappa shape index (κ2) is 3.14. The van der Waals surface area contributed by atoms with E-state index in [0.717, 1.165) is 5.56 Å². The lowest BCUT2D eigenvalue weighted by molar-refractivity contribution is 0.0696. The molecule has 1 aromatic rings. The van der Waals surface area contributed by atoms with Gasteiger partial charge in [0.1, 0.15) is 0 Å². The van der Waals surface area contributed by atoms with Gasteiger partial charge in [-0.3, -0.25) is 0 Å². The Bertz CT molecular complexity index is 356. The van der Waals surface area contributed by atoms with E-state index in [4.69, 9.17) is 5.11 Å². The molecule has 0 amide bonds. The molecular weight excluding hydrogens is 232 g/mol. The normalized spacial score (nSPS) is 15.8. The number of benzene rings is 1. The third kappa shape index (κ3) is 1.75. The van der Waals surface area contributed by atoms with Crippen LogP contribution in [0.1, 0.15) is 34.7 Å². The summed E-state index contributed by atoms with van der Waals surface area (Å²) in [6, 6.07) is 5.58. The van der Waals surface area contributed by atoms with E-state index in [-0.39, 0.29) is 0 Å². The number of carboxylic acid groups (broad SMARTS) is 1. The molecule has 13 heavy (non-hydrogen) atoms. The summed E-state index contributed by atoms with van der Waals surface area (Å²) in [6.45, 7) is 0. The molecule has 0 saturated heterocycles. The molecule has 0 atom stereocenters. The van der Waals surface area contributed by atoms with Crippen molar-refractivity contribution >= 4 is 21.9 Å². The summed E-state index contributed by atoms with van der Waals surface area (Å²) in [5.41, 5.74) is 1.52. The summed E-state index contributed by atoms with van der Waals surface area (Å²) in [4.78, 5) is 10.8. The van der Waals surface area contributed by atoms with Crippen LogP contribution in [0.3, 0.4) is 0 Å². The van der Waals surface area contributed by atoms with Crippen molar-refractivity contribution in [3.05, 3.63) is 33.8 Å². The zero-order chi connectivity index (χ0) is 9.42. The Morgan fingerprint density at radius 1 is 1.46 bits per heavy atom. The van der Waals surface area contributed by atoms with E-state index in [1.165, 1.54) is 12.8 Å². The van der Waals surface area contributed by atoms with Crippen LogP contribution in [-0.4, -0.2) is 11.1 Å². The van der Waals surface area contributed by atoms with Crippen LogP contribution in [-0.2, 0) is 0 Å². The molecule has 0 radical (unpaired) electrons. The molecule has 68 valence electrons. The highest BCUT2D eigenvalue weighted by Crippen LogP contribution is 2.40. The van der Waals surface area contributed by atoms with Crippen LogP contribution in [0.15, 0.2) is 22.7 Å². The molecule has 3 heteroatoms. The third-order valence-corrected chi connectivity index (χ3v) is 2.96.